The van der Waals surface area contributed by atoms with Crippen LogP contribution in [-0.2, 0) is 19.3 Å². The number of rotatable bonds is 5. The van der Waals surface area contributed by atoms with E-state index in [9.17, 15) is 22.8 Å². The fourth-order valence-corrected chi connectivity index (χ4v) is 4.54. The molecule has 2 aliphatic rings. The zero-order valence-corrected chi connectivity index (χ0v) is 18.5. The molecule has 1 aromatic carbocycles. The topological polar surface area (TPSA) is 109 Å². The third-order valence-corrected chi connectivity index (χ3v) is 6.26. The molecule has 2 aromatic heterocycles. The first-order chi connectivity index (χ1) is 16.8. The largest absolute Gasteiger partial charge is 0.491 e. The molecule has 1 atom stereocenters. The minimum atomic E-state index is -4.81. The standard InChI is InChI=1S/C22H22F3N7O3/c23-22(24,25)19-17(10-26-29-20(19)33)32-6-2-4-15(32)12-35-16-5-1-3-14(9-16)21(34)30-7-8-31-13-27-28-18(31)11-30/h1,3,5,9-10,13,15H,2,4,6-8,11-12H2,(H,29,33). The van der Waals surface area contributed by atoms with Crippen molar-refractivity contribution < 1.29 is 22.7 Å². The Balaban J connectivity index is 1.28. The van der Waals surface area contributed by atoms with Crippen molar-refractivity contribution >= 4 is 11.6 Å². The van der Waals surface area contributed by atoms with Crippen LogP contribution in [0.25, 0.3) is 0 Å². The van der Waals surface area contributed by atoms with E-state index in [4.69, 9.17) is 4.74 Å². The second-order valence-electron chi connectivity index (χ2n) is 8.45. The van der Waals surface area contributed by atoms with Crippen molar-refractivity contribution in [1.82, 2.24) is 29.9 Å². The summed E-state index contributed by atoms with van der Waals surface area (Å²) in [6, 6.07) is 6.32. The number of aromatic amines is 1. The van der Waals surface area contributed by atoms with Gasteiger partial charge in [-0.2, -0.15) is 18.3 Å². The first kappa shape index (κ1) is 22.9. The van der Waals surface area contributed by atoms with Crippen LogP contribution < -0.4 is 15.2 Å². The summed E-state index contributed by atoms with van der Waals surface area (Å²) in [7, 11) is 0. The first-order valence-corrected chi connectivity index (χ1v) is 11.1. The molecule has 1 unspecified atom stereocenters. The smallest absolute Gasteiger partial charge is 0.423 e. The van der Waals surface area contributed by atoms with E-state index in [0.29, 0.717) is 56.2 Å². The molecule has 0 saturated carbocycles. The summed E-state index contributed by atoms with van der Waals surface area (Å²) in [4.78, 5) is 28.1. The van der Waals surface area contributed by atoms with Crippen LogP contribution in [-0.4, -0.2) is 61.5 Å². The van der Waals surface area contributed by atoms with Crippen LogP contribution in [0.4, 0.5) is 18.9 Å². The van der Waals surface area contributed by atoms with E-state index in [1.165, 1.54) is 4.90 Å². The predicted octanol–water partition coefficient (Wildman–Crippen LogP) is 2.08. The number of hydrogen-bond acceptors (Lipinski definition) is 7. The number of amides is 1. The molecule has 10 nitrogen and oxygen atoms in total. The molecule has 2 aliphatic heterocycles. The Morgan fingerprint density at radius 2 is 2.09 bits per heavy atom. The number of carbonyl (C=O) groups excluding carboxylic acids is 1. The number of aromatic nitrogens is 5. The summed E-state index contributed by atoms with van der Waals surface area (Å²) >= 11 is 0. The van der Waals surface area contributed by atoms with E-state index >= 15 is 0 Å². The number of ether oxygens (including phenoxy) is 1. The van der Waals surface area contributed by atoms with Gasteiger partial charge in [-0.3, -0.25) is 9.59 Å². The molecule has 1 saturated heterocycles. The lowest BCUT2D eigenvalue weighted by atomic mass is 10.1. The number of carbonyl (C=O) groups is 1. The Hall–Kier alpha value is -3.90. The maximum Gasteiger partial charge on any atom is 0.423 e. The number of fused-ring (bicyclic) bond motifs is 1. The van der Waals surface area contributed by atoms with Gasteiger partial charge in [0.25, 0.3) is 11.5 Å². The van der Waals surface area contributed by atoms with Crippen LogP contribution in [0.15, 0.2) is 41.6 Å². The van der Waals surface area contributed by atoms with Crippen LogP contribution in [0.1, 0.15) is 34.6 Å². The Bertz CT molecular complexity index is 1290. The zero-order valence-electron chi connectivity index (χ0n) is 18.5. The van der Waals surface area contributed by atoms with Crippen molar-refractivity contribution in [2.75, 3.05) is 24.6 Å². The van der Waals surface area contributed by atoms with Gasteiger partial charge in [0.05, 0.1) is 24.5 Å². The maximum atomic E-state index is 13.5. The summed E-state index contributed by atoms with van der Waals surface area (Å²) in [5.74, 6) is 0.977. The van der Waals surface area contributed by atoms with Crippen molar-refractivity contribution in [2.24, 2.45) is 0 Å². The Kier molecular flexibility index (Phi) is 5.91. The van der Waals surface area contributed by atoms with Crippen LogP contribution in [0.5, 0.6) is 5.75 Å². The molecule has 0 spiro atoms. The Labute approximate surface area is 197 Å². The van der Waals surface area contributed by atoms with Gasteiger partial charge < -0.3 is 19.1 Å². The molecular formula is C22H22F3N7O3. The highest BCUT2D eigenvalue weighted by molar-refractivity contribution is 5.94. The second-order valence-corrected chi connectivity index (χ2v) is 8.45. The SMILES string of the molecule is O=C(c1cccc(OCC2CCCN2c2cn[nH]c(=O)c2C(F)(F)F)c1)N1CCn2cnnc2C1. The van der Waals surface area contributed by atoms with Gasteiger partial charge in [0.1, 0.15) is 24.2 Å². The molecule has 13 heteroatoms. The van der Waals surface area contributed by atoms with E-state index in [1.54, 1.807) is 35.5 Å². The second kappa shape index (κ2) is 9.04. The van der Waals surface area contributed by atoms with Gasteiger partial charge in [-0.05, 0) is 31.0 Å². The van der Waals surface area contributed by atoms with Crippen molar-refractivity contribution in [2.45, 2.75) is 38.1 Å². The summed E-state index contributed by atoms with van der Waals surface area (Å²) in [5.41, 5.74) is -2.35. The molecule has 35 heavy (non-hydrogen) atoms. The molecule has 4 heterocycles. The average molecular weight is 489 g/mol. The Morgan fingerprint density at radius 1 is 1.23 bits per heavy atom. The van der Waals surface area contributed by atoms with Crippen LogP contribution in [0, 0.1) is 0 Å². The molecule has 0 radical (unpaired) electrons. The van der Waals surface area contributed by atoms with Gasteiger partial charge in [-0.15, -0.1) is 10.2 Å². The van der Waals surface area contributed by atoms with Crippen molar-refractivity contribution in [3.05, 3.63) is 64.1 Å². The van der Waals surface area contributed by atoms with Gasteiger partial charge in [0.15, 0.2) is 5.82 Å². The lowest BCUT2D eigenvalue weighted by Crippen LogP contribution is -2.38. The predicted molar refractivity (Wildman–Crippen MR) is 117 cm³/mol. The van der Waals surface area contributed by atoms with Gasteiger partial charge in [-0.1, -0.05) is 6.07 Å². The number of anilines is 1. The molecule has 0 bridgehead atoms. The molecular weight excluding hydrogens is 467 g/mol. The van der Waals surface area contributed by atoms with Crippen molar-refractivity contribution in [1.29, 1.82) is 0 Å². The number of nitrogens with one attached hydrogen (secondary N) is 1. The normalized spacial score (nSPS) is 18.0. The molecule has 1 N–H and O–H groups in total. The van der Waals surface area contributed by atoms with E-state index in [1.807, 2.05) is 9.67 Å². The van der Waals surface area contributed by atoms with Gasteiger partial charge in [-0.25, -0.2) is 5.10 Å². The molecule has 184 valence electrons. The summed E-state index contributed by atoms with van der Waals surface area (Å²) in [5, 5.41) is 13.3. The molecule has 1 fully saturated rings. The molecule has 5 rings (SSSR count). The monoisotopic (exact) mass is 489 g/mol. The van der Waals surface area contributed by atoms with Gasteiger partial charge in [0.2, 0.25) is 0 Å². The van der Waals surface area contributed by atoms with E-state index in [-0.39, 0.29) is 24.2 Å². The van der Waals surface area contributed by atoms with Crippen LogP contribution in [0.2, 0.25) is 0 Å². The third-order valence-electron chi connectivity index (χ3n) is 6.26. The highest BCUT2D eigenvalue weighted by Crippen LogP contribution is 2.36. The Morgan fingerprint density at radius 3 is 2.91 bits per heavy atom. The highest BCUT2D eigenvalue weighted by Gasteiger charge is 2.40. The first-order valence-electron chi connectivity index (χ1n) is 11.1. The van der Waals surface area contributed by atoms with Crippen molar-refractivity contribution in [3.63, 3.8) is 0 Å². The summed E-state index contributed by atoms with van der Waals surface area (Å²) in [6.45, 7) is 1.93. The molecule has 3 aromatic rings. The molecule has 0 aliphatic carbocycles. The maximum absolute atomic E-state index is 13.5. The number of alkyl halides is 3. The fourth-order valence-electron chi connectivity index (χ4n) is 4.54. The van der Waals surface area contributed by atoms with E-state index < -0.39 is 17.3 Å². The lowest BCUT2D eigenvalue weighted by Gasteiger charge is -2.28. The van der Waals surface area contributed by atoms with Gasteiger partial charge >= 0.3 is 6.18 Å². The number of benzene rings is 1. The van der Waals surface area contributed by atoms with Gasteiger partial charge in [0, 0.05) is 25.2 Å². The minimum Gasteiger partial charge on any atom is -0.491 e. The summed E-state index contributed by atoms with van der Waals surface area (Å²) < 4.78 is 48.4. The number of nitrogens with zero attached hydrogens (tertiary/aromatic N) is 6. The average Bonchev–Trinajstić information content (AvgIpc) is 3.50. The lowest BCUT2D eigenvalue weighted by molar-refractivity contribution is -0.138. The number of H-pyrrole nitrogens is 1. The zero-order chi connectivity index (χ0) is 24.6. The number of hydrogen-bond donors (Lipinski definition) is 1. The van der Waals surface area contributed by atoms with Crippen LogP contribution >= 0.6 is 0 Å². The highest BCUT2D eigenvalue weighted by atomic mass is 19.4. The summed E-state index contributed by atoms with van der Waals surface area (Å²) in [6.07, 6.45) is -0.901. The van der Waals surface area contributed by atoms with Crippen molar-refractivity contribution in [3.8, 4) is 5.75 Å². The molecule has 1 amide bonds. The third kappa shape index (κ3) is 4.57. The minimum absolute atomic E-state index is 0.0918. The quantitative estimate of drug-likeness (QED) is 0.585. The van der Waals surface area contributed by atoms with Crippen LogP contribution in [0.3, 0.4) is 0 Å². The van der Waals surface area contributed by atoms with E-state index in [0.717, 1.165) is 6.20 Å². The number of halogens is 3. The fraction of sp³-hybridized carbons (Fsp3) is 0.409. The van der Waals surface area contributed by atoms with E-state index in [2.05, 4.69) is 15.3 Å².